The number of hydrogen-bond acceptors (Lipinski definition) is 5. The molecule has 1 saturated heterocycles. The van der Waals surface area contributed by atoms with Gasteiger partial charge in [0, 0.05) is 19.0 Å². The Morgan fingerprint density at radius 1 is 1.50 bits per heavy atom. The SMILES string of the molecule is CNC(Cc1ncnn1CC(C)C)C1CCS(=O)(=O)C1. The molecule has 0 radical (unpaired) electrons. The van der Waals surface area contributed by atoms with Crippen molar-refractivity contribution in [3.05, 3.63) is 12.2 Å². The van der Waals surface area contributed by atoms with Crippen molar-refractivity contribution in [3.8, 4) is 0 Å². The molecule has 0 aromatic carbocycles. The monoisotopic (exact) mass is 300 g/mol. The minimum Gasteiger partial charge on any atom is -0.316 e. The third kappa shape index (κ3) is 3.79. The molecule has 6 nitrogen and oxygen atoms in total. The van der Waals surface area contributed by atoms with Gasteiger partial charge in [0.05, 0.1) is 11.5 Å². The highest BCUT2D eigenvalue weighted by atomic mass is 32.2. The average Bonchev–Trinajstić information content (AvgIpc) is 2.92. The third-order valence-corrected chi connectivity index (χ3v) is 5.64. The quantitative estimate of drug-likeness (QED) is 0.828. The molecule has 0 spiro atoms. The summed E-state index contributed by atoms with van der Waals surface area (Å²) in [5.41, 5.74) is 0. The standard InChI is InChI=1S/C13H24N4O2S/c1-10(2)7-17-13(15-9-16-17)6-12(14-3)11-4-5-20(18,19)8-11/h9-12,14H,4-8H2,1-3H3. The maximum absolute atomic E-state index is 11.6. The Morgan fingerprint density at radius 3 is 2.80 bits per heavy atom. The van der Waals surface area contributed by atoms with Crippen molar-refractivity contribution in [2.45, 2.75) is 39.3 Å². The molecule has 1 aliphatic heterocycles. The summed E-state index contributed by atoms with van der Waals surface area (Å²) in [6, 6.07) is 0.141. The molecule has 2 atom stereocenters. The van der Waals surface area contributed by atoms with Crippen LogP contribution in [0.4, 0.5) is 0 Å². The van der Waals surface area contributed by atoms with Crippen LogP contribution in [0.15, 0.2) is 6.33 Å². The first-order valence-corrected chi connectivity index (χ1v) is 8.98. The lowest BCUT2D eigenvalue weighted by Crippen LogP contribution is -2.37. The fraction of sp³-hybridized carbons (Fsp3) is 0.846. The van der Waals surface area contributed by atoms with Crippen molar-refractivity contribution in [2.24, 2.45) is 11.8 Å². The lowest BCUT2D eigenvalue weighted by molar-refractivity contribution is 0.381. The van der Waals surface area contributed by atoms with E-state index in [9.17, 15) is 8.42 Å². The Hall–Kier alpha value is -0.950. The van der Waals surface area contributed by atoms with E-state index in [0.29, 0.717) is 11.7 Å². The highest BCUT2D eigenvalue weighted by Gasteiger charge is 2.33. The van der Waals surface area contributed by atoms with Gasteiger partial charge >= 0.3 is 0 Å². The smallest absolute Gasteiger partial charge is 0.150 e. The minimum atomic E-state index is -2.84. The van der Waals surface area contributed by atoms with Gasteiger partial charge in [-0.05, 0) is 25.3 Å². The molecule has 1 aliphatic rings. The summed E-state index contributed by atoms with van der Waals surface area (Å²) in [6.07, 6.45) is 3.05. The van der Waals surface area contributed by atoms with E-state index in [-0.39, 0.29) is 17.7 Å². The first-order chi connectivity index (χ1) is 9.41. The summed E-state index contributed by atoms with van der Waals surface area (Å²) in [7, 11) is -0.954. The predicted molar refractivity (Wildman–Crippen MR) is 78.2 cm³/mol. The number of likely N-dealkylation sites (N-methyl/N-ethyl adjacent to an activating group) is 1. The average molecular weight is 300 g/mol. The highest BCUT2D eigenvalue weighted by Crippen LogP contribution is 2.23. The predicted octanol–water partition coefficient (Wildman–Crippen LogP) is 0.499. The molecular weight excluding hydrogens is 276 g/mol. The van der Waals surface area contributed by atoms with Gasteiger partial charge in [-0.3, -0.25) is 0 Å². The van der Waals surface area contributed by atoms with Crippen molar-refractivity contribution in [3.63, 3.8) is 0 Å². The first kappa shape index (κ1) is 15.4. The number of nitrogens with zero attached hydrogens (tertiary/aromatic N) is 3. The number of hydrogen-bond donors (Lipinski definition) is 1. The van der Waals surface area contributed by atoms with Crippen LogP contribution in [0.3, 0.4) is 0 Å². The van der Waals surface area contributed by atoms with Gasteiger partial charge in [0.2, 0.25) is 0 Å². The summed E-state index contributed by atoms with van der Waals surface area (Å²) in [5, 5.41) is 7.51. The summed E-state index contributed by atoms with van der Waals surface area (Å²) in [4.78, 5) is 4.33. The molecule has 1 aromatic heterocycles. The second-order valence-electron chi connectivity index (χ2n) is 6.01. The normalized spacial score (nSPS) is 23.3. The van der Waals surface area contributed by atoms with Crippen LogP contribution in [0.1, 0.15) is 26.1 Å². The molecule has 1 fully saturated rings. The van der Waals surface area contributed by atoms with Gasteiger partial charge in [-0.25, -0.2) is 18.1 Å². The molecule has 0 saturated carbocycles. The molecule has 0 aliphatic carbocycles. The van der Waals surface area contributed by atoms with Gasteiger partial charge < -0.3 is 5.32 Å². The van der Waals surface area contributed by atoms with Gasteiger partial charge in [0.15, 0.2) is 9.84 Å². The number of aromatic nitrogens is 3. The number of rotatable bonds is 6. The number of nitrogens with one attached hydrogen (secondary N) is 1. The maximum atomic E-state index is 11.6. The Balaban J connectivity index is 2.05. The third-order valence-electron chi connectivity index (χ3n) is 3.84. The topological polar surface area (TPSA) is 76.9 Å². The Bertz CT molecular complexity index is 538. The van der Waals surface area contributed by atoms with E-state index >= 15 is 0 Å². The van der Waals surface area contributed by atoms with Crippen LogP contribution in [-0.4, -0.2) is 47.8 Å². The van der Waals surface area contributed by atoms with Crippen molar-refractivity contribution in [2.75, 3.05) is 18.6 Å². The van der Waals surface area contributed by atoms with Gasteiger partial charge in [-0.15, -0.1) is 0 Å². The van der Waals surface area contributed by atoms with Crippen LogP contribution in [0, 0.1) is 11.8 Å². The van der Waals surface area contributed by atoms with Crippen LogP contribution in [0.5, 0.6) is 0 Å². The summed E-state index contributed by atoms with van der Waals surface area (Å²) in [6.45, 7) is 5.13. The minimum absolute atomic E-state index is 0.141. The second-order valence-corrected chi connectivity index (χ2v) is 8.24. The zero-order chi connectivity index (χ0) is 14.8. The molecule has 2 heterocycles. The molecule has 0 amide bonds. The molecule has 2 unspecified atom stereocenters. The van der Waals surface area contributed by atoms with Gasteiger partial charge in [-0.1, -0.05) is 13.8 Å². The van der Waals surface area contributed by atoms with E-state index in [4.69, 9.17) is 0 Å². The summed E-state index contributed by atoms with van der Waals surface area (Å²) >= 11 is 0. The van der Waals surface area contributed by atoms with Crippen LogP contribution in [-0.2, 0) is 22.8 Å². The van der Waals surface area contributed by atoms with E-state index in [1.54, 1.807) is 6.33 Å². The van der Waals surface area contributed by atoms with E-state index in [1.807, 2.05) is 11.7 Å². The first-order valence-electron chi connectivity index (χ1n) is 7.15. The van der Waals surface area contributed by atoms with Gasteiger partial charge in [0.25, 0.3) is 0 Å². The van der Waals surface area contributed by atoms with E-state index in [2.05, 4.69) is 29.2 Å². The lowest BCUT2D eigenvalue weighted by atomic mass is 9.96. The fourth-order valence-electron chi connectivity index (χ4n) is 2.79. The zero-order valence-corrected chi connectivity index (χ0v) is 13.2. The van der Waals surface area contributed by atoms with Crippen LogP contribution in [0.25, 0.3) is 0 Å². The zero-order valence-electron chi connectivity index (χ0n) is 12.4. The Kier molecular flexibility index (Phi) is 4.80. The van der Waals surface area contributed by atoms with Crippen molar-refractivity contribution in [1.82, 2.24) is 20.1 Å². The largest absolute Gasteiger partial charge is 0.316 e. The molecule has 0 bridgehead atoms. The molecule has 1 N–H and O–H groups in total. The highest BCUT2D eigenvalue weighted by molar-refractivity contribution is 7.91. The molecule has 7 heteroatoms. The maximum Gasteiger partial charge on any atom is 0.150 e. The molecule has 20 heavy (non-hydrogen) atoms. The van der Waals surface area contributed by atoms with E-state index < -0.39 is 9.84 Å². The lowest BCUT2D eigenvalue weighted by Gasteiger charge is -2.22. The molecule has 114 valence electrons. The van der Waals surface area contributed by atoms with Crippen molar-refractivity contribution >= 4 is 9.84 Å². The van der Waals surface area contributed by atoms with Crippen molar-refractivity contribution < 1.29 is 8.42 Å². The van der Waals surface area contributed by atoms with E-state index in [0.717, 1.165) is 25.2 Å². The molecular formula is C13H24N4O2S. The molecule has 2 rings (SSSR count). The van der Waals surface area contributed by atoms with Crippen LogP contribution in [0.2, 0.25) is 0 Å². The summed E-state index contributed by atoms with van der Waals surface area (Å²) in [5.74, 6) is 2.22. The van der Waals surface area contributed by atoms with Crippen LogP contribution >= 0.6 is 0 Å². The fourth-order valence-corrected chi connectivity index (χ4v) is 4.67. The van der Waals surface area contributed by atoms with E-state index in [1.165, 1.54) is 0 Å². The van der Waals surface area contributed by atoms with Crippen LogP contribution < -0.4 is 5.32 Å². The van der Waals surface area contributed by atoms with Gasteiger partial charge in [0.1, 0.15) is 12.2 Å². The second kappa shape index (κ2) is 6.22. The number of sulfone groups is 1. The Morgan fingerprint density at radius 2 is 2.25 bits per heavy atom. The summed E-state index contributed by atoms with van der Waals surface area (Å²) < 4.78 is 25.2. The van der Waals surface area contributed by atoms with Crippen molar-refractivity contribution in [1.29, 1.82) is 0 Å². The Labute approximate surface area is 120 Å². The van der Waals surface area contributed by atoms with Gasteiger partial charge in [-0.2, -0.15) is 5.10 Å². The molecule has 1 aromatic rings.